The van der Waals surface area contributed by atoms with Crippen LogP contribution in [0.2, 0.25) is 0 Å². The second kappa shape index (κ2) is 3.72. The summed E-state index contributed by atoms with van der Waals surface area (Å²) in [7, 11) is 0. The summed E-state index contributed by atoms with van der Waals surface area (Å²) >= 11 is 1.58. The molecule has 1 N–H and O–H groups in total. The van der Waals surface area contributed by atoms with Crippen LogP contribution in [0.3, 0.4) is 0 Å². The number of fused-ring (bicyclic) bond motifs is 1. The third-order valence-electron chi connectivity index (χ3n) is 2.81. The Morgan fingerprint density at radius 1 is 1.59 bits per heavy atom. The van der Waals surface area contributed by atoms with Gasteiger partial charge in [-0.15, -0.1) is 11.3 Å². The highest BCUT2D eigenvalue weighted by Crippen LogP contribution is 2.25. The van der Waals surface area contributed by atoms with Crippen LogP contribution < -0.4 is 0 Å². The van der Waals surface area contributed by atoms with E-state index in [-0.39, 0.29) is 0 Å². The van der Waals surface area contributed by atoms with Gasteiger partial charge in [-0.1, -0.05) is 0 Å². The Balaban J connectivity index is 1.89. The predicted octanol–water partition coefficient (Wildman–Crippen LogP) is 2.44. The number of aromatic nitrogens is 2. The number of furan rings is 1. The molecular formula is C12H12N2O2S. The van der Waals surface area contributed by atoms with Gasteiger partial charge in [-0.3, -0.25) is 4.40 Å². The molecule has 5 heteroatoms. The van der Waals surface area contributed by atoms with E-state index in [1.54, 1.807) is 36.9 Å². The van der Waals surface area contributed by atoms with Crippen LogP contribution in [0.15, 0.2) is 40.8 Å². The highest BCUT2D eigenvalue weighted by Gasteiger charge is 2.26. The molecule has 0 bridgehead atoms. The molecule has 0 saturated heterocycles. The van der Waals surface area contributed by atoms with E-state index in [1.807, 2.05) is 22.2 Å². The van der Waals surface area contributed by atoms with Gasteiger partial charge in [0.15, 0.2) is 4.96 Å². The van der Waals surface area contributed by atoms with Gasteiger partial charge in [-0.2, -0.15) is 0 Å². The maximum atomic E-state index is 10.4. The first kappa shape index (κ1) is 10.6. The van der Waals surface area contributed by atoms with Crippen LogP contribution in [0.25, 0.3) is 4.96 Å². The highest BCUT2D eigenvalue weighted by atomic mass is 32.1. The van der Waals surface area contributed by atoms with E-state index in [0.29, 0.717) is 6.42 Å². The lowest BCUT2D eigenvalue weighted by atomic mass is 9.94. The lowest BCUT2D eigenvalue weighted by molar-refractivity contribution is 0.0561. The lowest BCUT2D eigenvalue weighted by Crippen LogP contribution is -2.23. The Bertz CT molecular complexity index is 593. The van der Waals surface area contributed by atoms with Crippen molar-refractivity contribution in [1.29, 1.82) is 0 Å². The van der Waals surface area contributed by atoms with Crippen LogP contribution in [0.5, 0.6) is 0 Å². The van der Waals surface area contributed by atoms with Gasteiger partial charge >= 0.3 is 0 Å². The monoisotopic (exact) mass is 248 g/mol. The minimum atomic E-state index is -0.947. The molecule has 0 spiro atoms. The smallest absolute Gasteiger partial charge is 0.193 e. The Morgan fingerprint density at radius 2 is 2.47 bits per heavy atom. The average Bonchev–Trinajstić information content (AvgIpc) is 2.90. The minimum absolute atomic E-state index is 0.473. The van der Waals surface area contributed by atoms with Gasteiger partial charge < -0.3 is 9.52 Å². The summed E-state index contributed by atoms with van der Waals surface area (Å²) in [5.41, 5.74) is 0.703. The summed E-state index contributed by atoms with van der Waals surface area (Å²) in [5.74, 6) is 0. The van der Waals surface area contributed by atoms with Crippen molar-refractivity contribution in [2.24, 2.45) is 0 Å². The van der Waals surface area contributed by atoms with Crippen molar-refractivity contribution in [2.75, 3.05) is 0 Å². The van der Waals surface area contributed by atoms with Crippen molar-refractivity contribution in [1.82, 2.24) is 9.38 Å². The van der Waals surface area contributed by atoms with E-state index < -0.39 is 5.60 Å². The highest BCUT2D eigenvalue weighted by molar-refractivity contribution is 7.15. The third-order valence-corrected chi connectivity index (χ3v) is 3.58. The van der Waals surface area contributed by atoms with Crippen molar-refractivity contribution in [3.8, 4) is 0 Å². The first-order valence-corrected chi connectivity index (χ1v) is 6.19. The topological polar surface area (TPSA) is 50.7 Å². The number of thiazole rings is 1. The molecule has 88 valence electrons. The summed E-state index contributed by atoms with van der Waals surface area (Å²) in [6, 6.07) is 1.78. The molecule has 0 aliphatic carbocycles. The Morgan fingerprint density at radius 3 is 3.18 bits per heavy atom. The second-order valence-electron chi connectivity index (χ2n) is 4.29. The van der Waals surface area contributed by atoms with Crippen LogP contribution in [-0.2, 0) is 12.0 Å². The summed E-state index contributed by atoms with van der Waals surface area (Å²) in [5, 5.41) is 12.4. The molecule has 17 heavy (non-hydrogen) atoms. The molecule has 0 radical (unpaired) electrons. The standard InChI is InChI=1S/C12H12N2O2S/c1-12(15,9-2-4-16-8-9)6-10-7-14-3-5-17-11(14)13-10/h2-5,7-8,15H,6H2,1H3. The van der Waals surface area contributed by atoms with E-state index >= 15 is 0 Å². The molecule has 3 heterocycles. The Labute approximate surface area is 102 Å². The van der Waals surface area contributed by atoms with Crippen LogP contribution in [-0.4, -0.2) is 14.5 Å². The summed E-state index contributed by atoms with van der Waals surface area (Å²) < 4.78 is 6.96. The van der Waals surface area contributed by atoms with E-state index in [9.17, 15) is 5.11 Å². The summed E-state index contributed by atoms with van der Waals surface area (Å²) in [6.07, 6.45) is 7.51. The van der Waals surface area contributed by atoms with Crippen LogP contribution in [0.1, 0.15) is 18.2 Å². The van der Waals surface area contributed by atoms with Crippen LogP contribution in [0, 0.1) is 0 Å². The number of imidazole rings is 1. The predicted molar refractivity (Wildman–Crippen MR) is 65.1 cm³/mol. The van der Waals surface area contributed by atoms with Crippen LogP contribution in [0.4, 0.5) is 0 Å². The van der Waals surface area contributed by atoms with Crippen molar-refractivity contribution < 1.29 is 9.52 Å². The number of aliphatic hydroxyl groups is 1. The van der Waals surface area contributed by atoms with E-state index in [0.717, 1.165) is 16.2 Å². The fraction of sp³-hybridized carbons (Fsp3) is 0.250. The van der Waals surface area contributed by atoms with Gasteiger partial charge in [-0.25, -0.2) is 4.98 Å². The van der Waals surface area contributed by atoms with E-state index in [4.69, 9.17) is 4.42 Å². The van der Waals surface area contributed by atoms with Crippen molar-refractivity contribution in [2.45, 2.75) is 18.9 Å². The molecule has 0 fully saturated rings. The lowest BCUT2D eigenvalue weighted by Gasteiger charge is -2.20. The van der Waals surface area contributed by atoms with Crippen molar-refractivity contribution >= 4 is 16.3 Å². The average molecular weight is 248 g/mol. The molecule has 0 amide bonds. The zero-order valence-electron chi connectivity index (χ0n) is 9.33. The quantitative estimate of drug-likeness (QED) is 0.774. The van der Waals surface area contributed by atoms with Gasteiger partial charge in [0.05, 0.1) is 23.8 Å². The Hall–Kier alpha value is -1.59. The molecule has 1 atom stereocenters. The zero-order valence-corrected chi connectivity index (χ0v) is 10.1. The van der Waals surface area contributed by atoms with Crippen molar-refractivity contribution in [3.63, 3.8) is 0 Å². The first-order valence-electron chi connectivity index (χ1n) is 5.31. The molecule has 4 nitrogen and oxygen atoms in total. The normalized spacial score (nSPS) is 15.2. The maximum Gasteiger partial charge on any atom is 0.193 e. The minimum Gasteiger partial charge on any atom is -0.472 e. The van der Waals surface area contributed by atoms with Crippen LogP contribution >= 0.6 is 11.3 Å². The van der Waals surface area contributed by atoms with Gasteiger partial charge in [0, 0.05) is 29.8 Å². The summed E-state index contributed by atoms with van der Waals surface area (Å²) in [6.45, 7) is 1.77. The molecule has 0 aliphatic rings. The van der Waals surface area contributed by atoms with Gasteiger partial charge in [0.2, 0.25) is 0 Å². The molecule has 0 aliphatic heterocycles. The fourth-order valence-electron chi connectivity index (χ4n) is 1.89. The molecule has 3 aromatic rings. The largest absolute Gasteiger partial charge is 0.472 e. The van der Waals surface area contributed by atoms with E-state index in [1.165, 1.54) is 0 Å². The molecule has 3 aromatic heterocycles. The summed E-state index contributed by atoms with van der Waals surface area (Å²) in [4.78, 5) is 5.41. The zero-order chi connectivity index (χ0) is 11.9. The van der Waals surface area contributed by atoms with Gasteiger partial charge in [-0.05, 0) is 13.0 Å². The van der Waals surface area contributed by atoms with Gasteiger partial charge in [0.1, 0.15) is 0 Å². The molecule has 0 aromatic carbocycles. The maximum absolute atomic E-state index is 10.4. The second-order valence-corrected chi connectivity index (χ2v) is 5.16. The third kappa shape index (κ3) is 1.87. The van der Waals surface area contributed by atoms with Gasteiger partial charge in [0.25, 0.3) is 0 Å². The SMILES string of the molecule is CC(O)(Cc1cn2ccsc2n1)c1ccoc1. The molecule has 3 rings (SSSR count). The number of hydrogen-bond donors (Lipinski definition) is 1. The number of hydrogen-bond acceptors (Lipinski definition) is 4. The van der Waals surface area contributed by atoms with Crippen molar-refractivity contribution in [3.05, 3.63) is 47.6 Å². The number of rotatable bonds is 3. The molecular weight excluding hydrogens is 236 g/mol. The van der Waals surface area contributed by atoms with E-state index in [2.05, 4.69) is 4.98 Å². The molecule has 0 saturated carbocycles. The fourth-order valence-corrected chi connectivity index (χ4v) is 2.61. The molecule has 1 unspecified atom stereocenters. The number of nitrogens with zero attached hydrogens (tertiary/aromatic N) is 2. The first-order chi connectivity index (χ1) is 8.15. The Kier molecular flexibility index (Phi) is 2.31.